The number of benzene rings is 2. The van der Waals surface area contributed by atoms with Gasteiger partial charge in [0.05, 0.1) is 10.6 Å². The average Bonchev–Trinajstić information content (AvgIpc) is 3.22. The van der Waals surface area contributed by atoms with Gasteiger partial charge in [-0.05, 0) is 24.3 Å². The van der Waals surface area contributed by atoms with Gasteiger partial charge >= 0.3 is 6.03 Å². The zero-order valence-electron chi connectivity index (χ0n) is 17.5. The quantitative estimate of drug-likeness (QED) is 0.464. The highest BCUT2D eigenvalue weighted by molar-refractivity contribution is 7.89. The van der Waals surface area contributed by atoms with Crippen molar-refractivity contribution in [2.24, 2.45) is 0 Å². The van der Waals surface area contributed by atoms with Gasteiger partial charge in [0.15, 0.2) is 5.13 Å². The minimum atomic E-state index is -3.50. The second-order valence-electron chi connectivity index (χ2n) is 6.89. The highest BCUT2D eigenvalue weighted by atomic mass is 32.2. The number of thiazole rings is 1. The van der Waals surface area contributed by atoms with Crippen LogP contribution in [0.1, 0.15) is 6.42 Å². The minimum Gasteiger partial charge on any atom is -0.337 e. The van der Waals surface area contributed by atoms with Crippen LogP contribution in [0.3, 0.4) is 0 Å². The van der Waals surface area contributed by atoms with Crippen molar-refractivity contribution in [1.82, 2.24) is 14.6 Å². The molecule has 11 heteroatoms. The van der Waals surface area contributed by atoms with Gasteiger partial charge in [-0.25, -0.2) is 22.5 Å². The summed E-state index contributed by atoms with van der Waals surface area (Å²) in [7, 11) is -0.543. The van der Waals surface area contributed by atoms with Gasteiger partial charge in [-0.1, -0.05) is 30.3 Å². The summed E-state index contributed by atoms with van der Waals surface area (Å²) in [6.07, 6.45) is 0.0915. The van der Waals surface area contributed by atoms with Gasteiger partial charge in [0.2, 0.25) is 15.9 Å². The normalized spacial score (nSPS) is 11.2. The van der Waals surface area contributed by atoms with Crippen LogP contribution in [0.5, 0.6) is 0 Å². The van der Waals surface area contributed by atoms with Crippen LogP contribution in [0.25, 0.3) is 11.3 Å². The third kappa shape index (κ3) is 6.13. The van der Waals surface area contributed by atoms with Gasteiger partial charge in [0.25, 0.3) is 0 Å². The molecule has 168 valence electrons. The Balaban J connectivity index is 1.49. The van der Waals surface area contributed by atoms with E-state index in [1.54, 1.807) is 29.6 Å². The van der Waals surface area contributed by atoms with Gasteiger partial charge in [-0.3, -0.25) is 4.79 Å². The van der Waals surface area contributed by atoms with Crippen LogP contribution in [0.15, 0.2) is 64.9 Å². The van der Waals surface area contributed by atoms with Gasteiger partial charge < -0.3 is 16.0 Å². The van der Waals surface area contributed by atoms with Gasteiger partial charge in [-0.15, -0.1) is 11.3 Å². The maximum absolute atomic E-state index is 12.2. The summed E-state index contributed by atoms with van der Waals surface area (Å²) in [5, 5.41) is 10.2. The number of hydrogen-bond acceptors (Lipinski definition) is 6. The van der Waals surface area contributed by atoms with Crippen LogP contribution in [-0.4, -0.2) is 50.3 Å². The van der Waals surface area contributed by atoms with E-state index in [-0.39, 0.29) is 29.8 Å². The summed E-state index contributed by atoms with van der Waals surface area (Å²) in [5.41, 5.74) is 2.02. The molecule has 0 aliphatic rings. The molecule has 9 nitrogen and oxygen atoms in total. The lowest BCUT2D eigenvalue weighted by atomic mass is 10.2. The number of nitrogens with zero attached hydrogens (tertiary/aromatic N) is 2. The highest BCUT2D eigenvalue weighted by Gasteiger charge is 2.17. The van der Waals surface area contributed by atoms with Gasteiger partial charge in [-0.2, -0.15) is 0 Å². The van der Waals surface area contributed by atoms with E-state index in [1.807, 2.05) is 18.2 Å². The second-order valence-corrected chi connectivity index (χ2v) is 9.90. The number of amides is 3. The fraction of sp³-hybridized carbons (Fsp3) is 0.190. The Labute approximate surface area is 190 Å². The molecule has 0 fully saturated rings. The van der Waals surface area contributed by atoms with E-state index in [2.05, 4.69) is 20.9 Å². The van der Waals surface area contributed by atoms with E-state index >= 15 is 0 Å². The first-order chi connectivity index (χ1) is 15.3. The maximum Gasteiger partial charge on any atom is 0.319 e. The van der Waals surface area contributed by atoms with Gasteiger partial charge in [0.1, 0.15) is 0 Å². The van der Waals surface area contributed by atoms with Crippen molar-refractivity contribution in [2.45, 2.75) is 11.3 Å². The summed E-state index contributed by atoms with van der Waals surface area (Å²) in [4.78, 5) is 28.5. The van der Waals surface area contributed by atoms with Crippen LogP contribution in [0, 0.1) is 0 Å². The number of carbonyl (C=O) groups excluding carboxylic acids is 2. The molecule has 3 amide bonds. The zero-order chi connectivity index (χ0) is 23.1. The smallest absolute Gasteiger partial charge is 0.319 e. The van der Waals surface area contributed by atoms with Crippen LogP contribution in [-0.2, 0) is 14.8 Å². The summed E-state index contributed by atoms with van der Waals surface area (Å²) in [6.45, 7) is 0.171. The van der Waals surface area contributed by atoms with Crippen LogP contribution in [0.4, 0.5) is 15.6 Å². The van der Waals surface area contributed by atoms with Crippen molar-refractivity contribution in [3.05, 3.63) is 60.0 Å². The predicted molar refractivity (Wildman–Crippen MR) is 125 cm³/mol. The Hall–Kier alpha value is -3.28. The van der Waals surface area contributed by atoms with E-state index in [1.165, 1.54) is 37.6 Å². The monoisotopic (exact) mass is 473 g/mol. The average molecular weight is 474 g/mol. The summed E-state index contributed by atoms with van der Waals surface area (Å²) < 4.78 is 25.5. The highest BCUT2D eigenvalue weighted by Crippen LogP contribution is 2.26. The molecule has 1 aromatic heterocycles. The maximum atomic E-state index is 12.2. The van der Waals surface area contributed by atoms with Crippen molar-refractivity contribution in [3.8, 4) is 11.3 Å². The molecule has 0 bridgehead atoms. The summed E-state index contributed by atoms with van der Waals surface area (Å²) in [5.74, 6) is -0.279. The molecule has 3 rings (SSSR count). The fourth-order valence-corrected chi connectivity index (χ4v) is 4.28. The molecule has 2 aromatic carbocycles. The van der Waals surface area contributed by atoms with Crippen molar-refractivity contribution >= 4 is 44.1 Å². The Morgan fingerprint density at radius 1 is 1.00 bits per heavy atom. The Morgan fingerprint density at radius 3 is 2.34 bits per heavy atom. The SMILES string of the molecule is CN(C)S(=O)(=O)c1ccc(-c2csc(NC(=O)CCNC(=O)Nc3ccccc3)n2)cc1. The fourth-order valence-electron chi connectivity index (χ4n) is 2.64. The molecule has 1 heterocycles. The molecule has 0 saturated heterocycles. The topological polar surface area (TPSA) is 121 Å². The van der Waals surface area contributed by atoms with Crippen molar-refractivity contribution in [3.63, 3.8) is 0 Å². The van der Waals surface area contributed by atoms with Crippen molar-refractivity contribution < 1.29 is 18.0 Å². The molecule has 32 heavy (non-hydrogen) atoms. The predicted octanol–water partition coefficient (Wildman–Crippen LogP) is 3.21. The first kappa shape index (κ1) is 23.4. The molecule has 0 unspecified atom stereocenters. The molecule has 0 spiro atoms. The Bertz CT molecular complexity index is 1180. The standard InChI is InChI=1S/C21H23N5O4S2/c1-26(2)32(29,30)17-10-8-15(9-11-17)18-14-31-21(24-18)25-19(27)12-13-22-20(28)23-16-6-4-3-5-7-16/h3-11,14H,12-13H2,1-2H3,(H2,22,23,28)(H,24,25,27). The number of carbonyl (C=O) groups is 2. The van der Waals surface area contributed by atoms with E-state index in [9.17, 15) is 18.0 Å². The number of aromatic nitrogens is 1. The van der Waals surface area contributed by atoms with E-state index in [0.717, 1.165) is 9.87 Å². The number of urea groups is 1. The molecular formula is C21H23N5O4S2. The minimum absolute atomic E-state index is 0.0915. The first-order valence-corrected chi connectivity index (χ1v) is 12.0. The number of rotatable bonds is 8. The molecule has 0 atom stereocenters. The lowest BCUT2D eigenvalue weighted by molar-refractivity contribution is -0.116. The lowest BCUT2D eigenvalue weighted by Crippen LogP contribution is -2.31. The summed E-state index contributed by atoms with van der Waals surface area (Å²) >= 11 is 1.26. The van der Waals surface area contributed by atoms with Crippen molar-refractivity contribution in [2.75, 3.05) is 31.3 Å². The molecule has 3 aromatic rings. The van der Waals surface area contributed by atoms with Crippen LogP contribution >= 0.6 is 11.3 Å². The molecule has 0 radical (unpaired) electrons. The second kappa shape index (κ2) is 10.4. The molecule has 0 saturated carbocycles. The number of anilines is 2. The van der Waals surface area contributed by atoms with Gasteiger partial charge in [0, 0.05) is 43.7 Å². The molecule has 0 aliphatic carbocycles. The Morgan fingerprint density at radius 2 is 1.69 bits per heavy atom. The number of hydrogen-bond donors (Lipinski definition) is 3. The van der Waals surface area contributed by atoms with Crippen LogP contribution < -0.4 is 16.0 Å². The van der Waals surface area contributed by atoms with E-state index < -0.39 is 10.0 Å². The lowest BCUT2D eigenvalue weighted by Gasteiger charge is -2.11. The number of nitrogens with one attached hydrogen (secondary N) is 3. The first-order valence-electron chi connectivity index (χ1n) is 9.64. The van der Waals surface area contributed by atoms with Crippen LogP contribution in [0.2, 0.25) is 0 Å². The third-order valence-electron chi connectivity index (χ3n) is 4.35. The summed E-state index contributed by atoms with van der Waals surface area (Å²) in [6, 6.07) is 15.0. The zero-order valence-corrected chi connectivity index (χ0v) is 19.2. The van der Waals surface area contributed by atoms with Crippen molar-refractivity contribution in [1.29, 1.82) is 0 Å². The molecule has 0 aliphatic heterocycles. The number of sulfonamides is 1. The third-order valence-corrected chi connectivity index (χ3v) is 6.94. The van der Waals surface area contributed by atoms with E-state index in [0.29, 0.717) is 16.5 Å². The van der Waals surface area contributed by atoms with E-state index in [4.69, 9.17) is 0 Å². The molecule has 3 N–H and O–H groups in total. The largest absolute Gasteiger partial charge is 0.337 e. The number of para-hydroxylation sites is 1. The Kier molecular flexibility index (Phi) is 7.57. The molecular weight excluding hydrogens is 450 g/mol.